The van der Waals surface area contributed by atoms with E-state index >= 15 is 0 Å². The van der Waals surface area contributed by atoms with Crippen molar-refractivity contribution in [1.82, 2.24) is 9.88 Å². The summed E-state index contributed by atoms with van der Waals surface area (Å²) in [4.78, 5) is 6.59. The fourth-order valence-electron chi connectivity index (χ4n) is 2.24. The van der Waals surface area contributed by atoms with Crippen molar-refractivity contribution in [2.45, 2.75) is 26.0 Å². The average molecular weight is 289 g/mol. The van der Waals surface area contributed by atoms with Crippen LogP contribution >= 0.6 is 0 Å². The minimum atomic E-state index is -0.285. The lowest BCUT2D eigenvalue weighted by molar-refractivity contribution is 0.163. The van der Waals surface area contributed by atoms with Gasteiger partial charge in [-0.1, -0.05) is 0 Å². The van der Waals surface area contributed by atoms with Gasteiger partial charge in [0.2, 0.25) is 0 Å². The second-order valence-corrected chi connectivity index (χ2v) is 5.47. The van der Waals surface area contributed by atoms with Gasteiger partial charge in [0.15, 0.2) is 0 Å². The molecule has 0 aliphatic carbocycles. The molecule has 1 atom stereocenters. The molecule has 1 unspecified atom stereocenters. The highest BCUT2D eigenvalue weighted by molar-refractivity contribution is 5.82. The van der Waals surface area contributed by atoms with E-state index in [0.717, 1.165) is 35.2 Å². The Labute approximate surface area is 125 Å². The quantitative estimate of drug-likeness (QED) is 0.851. The predicted octanol–water partition coefficient (Wildman–Crippen LogP) is 2.03. The van der Waals surface area contributed by atoms with Crippen LogP contribution in [0, 0.1) is 0 Å². The molecular formula is C16H23N3O2. The standard InChI is InChI=1S/C16H23N3O2/c1-11(20)6-7-19(2)10-13-8-12-4-5-14(21-3)9-15(12)18-16(13)17/h4-5,8-9,11,20H,6-7,10H2,1-3H3,(H2,17,18). The number of aliphatic hydroxyl groups excluding tert-OH is 1. The van der Waals surface area contributed by atoms with Gasteiger partial charge >= 0.3 is 0 Å². The van der Waals surface area contributed by atoms with Gasteiger partial charge in [0.25, 0.3) is 0 Å². The van der Waals surface area contributed by atoms with Gasteiger partial charge in [-0.2, -0.15) is 0 Å². The first-order valence-electron chi connectivity index (χ1n) is 7.09. The molecule has 0 saturated heterocycles. The number of pyridine rings is 1. The summed E-state index contributed by atoms with van der Waals surface area (Å²) < 4.78 is 5.20. The normalized spacial score (nSPS) is 12.8. The van der Waals surface area contributed by atoms with Crippen LogP contribution in [-0.4, -0.2) is 41.8 Å². The fraction of sp³-hybridized carbons (Fsp3) is 0.438. The molecular weight excluding hydrogens is 266 g/mol. The van der Waals surface area contributed by atoms with Crippen molar-refractivity contribution in [2.24, 2.45) is 0 Å². The highest BCUT2D eigenvalue weighted by Crippen LogP contribution is 2.23. The van der Waals surface area contributed by atoms with E-state index in [4.69, 9.17) is 10.5 Å². The molecule has 0 aliphatic heterocycles. The SMILES string of the molecule is COc1ccc2cc(CN(C)CCC(C)O)c(N)nc2c1. The van der Waals surface area contributed by atoms with Gasteiger partial charge in [-0.05, 0) is 38.6 Å². The number of nitrogen functional groups attached to an aromatic ring is 1. The minimum absolute atomic E-state index is 0.285. The highest BCUT2D eigenvalue weighted by Gasteiger charge is 2.09. The first-order chi connectivity index (χ1) is 9.99. The molecule has 114 valence electrons. The molecule has 0 radical (unpaired) electrons. The number of ether oxygens (including phenoxy) is 1. The van der Waals surface area contributed by atoms with Gasteiger partial charge in [0.05, 0.1) is 18.7 Å². The Morgan fingerprint density at radius 3 is 2.81 bits per heavy atom. The van der Waals surface area contributed by atoms with Gasteiger partial charge in [-0.25, -0.2) is 4.98 Å². The first kappa shape index (κ1) is 15.5. The Bertz CT molecular complexity index is 614. The zero-order valence-electron chi connectivity index (χ0n) is 12.8. The number of hydrogen-bond donors (Lipinski definition) is 2. The molecule has 2 aromatic rings. The maximum atomic E-state index is 9.34. The molecule has 1 aromatic heterocycles. The van der Waals surface area contributed by atoms with Crippen LogP contribution in [0.3, 0.4) is 0 Å². The Kier molecular flexibility index (Phi) is 4.98. The second kappa shape index (κ2) is 6.74. The number of rotatable bonds is 6. The first-order valence-corrected chi connectivity index (χ1v) is 7.09. The van der Waals surface area contributed by atoms with Gasteiger partial charge in [-0.15, -0.1) is 0 Å². The van der Waals surface area contributed by atoms with Crippen molar-refractivity contribution in [2.75, 3.05) is 26.4 Å². The maximum absolute atomic E-state index is 9.34. The summed E-state index contributed by atoms with van der Waals surface area (Å²) in [6.45, 7) is 3.33. The smallest absolute Gasteiger partial charge is 0.128 e. The van der Waals surface area contributed by atoms with E-state index in [1.807, 2.05) is 25.2 Å². The minimum Gasteiger partial charge on any atom is -0.497 e. The number of nitrogens with zero attached hydrogens (tertiary/aromatic N) is 2. The van der Waals surface area contributed by atoms with Crippen LogP contribution in [0.4, 0.5) is 5.82 Å². The van der Waals surface area contributed by atoms with Gasteiger partial charge < -0.3 is 20.5 Å². The summed E-state index contributed by atoms with van der Waals surface area (Å²) in [7, 11) is 3.65. The molecule has 5 heteroatoms. The molecule has 0 aliphatic rings. The maximum Gasteiger partial charge on any atom is 0.128 e. The third kappa shape index (κ3) is 4.06. The molecule has 1 aromatic carbocycles. The topological polar surface area (TPSA) is 71.6 Å². The summed E-state index contributed by atoms with van der Waals surface area (Å²) >= 11 is 0. The van der Waals surface area contributed by atoms with Crippen LogP contribution in [-0.2, 0) is 6.54 Å². The molecule has 21 heavy (non-hydrogen) atoms. The van der Waals surface area contributed by atoms with Crippen LogP contribution in [0.5, 0.6) is 5.75 Å². The van der Waals surface area contributed by atoms with Crippen LogP contribution in [0.2, 0.25) is 0 Å². The number of nitrogens with two attached hydrogens (primary N) is 1. The lowest BCUT2D eigenvalue weighted by atomic mass is 10.1. The van der Waals surface area contributed by atoms with Crippen molar-refractivity contribution in [3.8, 4) is 5.75 Å². The van der Waals surface area contributed by atoms with Crippen molar-refractivity contribution < 1.29 is 9.84 Å². The van der Waals surface area contributed by atoms with Gasteiger partial charge in [-0.3, -0.25) is 0 Å². The van der Waals surface area contributed by atoms with Crippen LogP contribution in [0.1, 0.15) is 18.9 Å². The Balaban J connectivity index is 2.18. The molecule has 5 nitrogen and oxygen atoms in total. The summed E-state index contributed by atoms with van der Waals surface area (Å²) in [5.41, 5.74) is 7.89. The van der Waals surface area contributed by atoms with Crippen molar-refractivity contribution >= 4 is 16.7 Å². The molecule has 3 N–H and O–H groups in total. The highest BCUT2D eigenvalue weighted by atomic mass is 16.5. The molecule has 1 heterocycles. The second-order valence-electron chi connectivity index (χ2n) is 5.47. The van der Waals surface area contributed by atoms with E-state index in [1.165, 1.54) is 0 Å². The lowest BCUT2D eigenvalue weighted by Gasteiger charge is -2.18. The lowest BCUT2D eigenvalue weighted by Crippen LogP contribution is -2.22. The third-order valence-electron chi connectivity index (χ3n) is 3.51. The third-order valence-corrected chi connectivity index (χ3v) is 3.51. The summed E-state index contributed by atoms with van der Waals surface area (Å²) in [6.07, 6.45) is 0.459. The van der Waals surface area contributed by atoms with E-state index < -0.39 is 0 Å². The van der Waals surface area contributed by atoms with Crippen molar-refractivity contribution in [3.63, 3.8) is 0 Å². The van der Waals surface area contributed by atoms with Crippen molar-refractivity contribution in [1.29, 1.82) is 0 Å². The Hall–Kier alpha value is -1.85. The fourth-order valence-corrected chi connectivity index (χ4v) is 2.24. The van der Waals surface area contributed by atoms with E-state index in [2.05, 4.69) is 16.0 Å². The van der Waals surface area contributed by atoms with Gasteiger partial charge in [0.1, 0.15) is 11.6 Å². The Morgan fingerprint density at radius 1 is 1.38 bits per heavy atom. The number of hydrogen-bond acceptors (Lipinski definition) is 5. The number of benzene rings is 1. The van der Waals surface area contributed by atoms with E-state index in [-0.39, 0.29) is 6.10 Å². The number of aromatic nitrogens is 1. The number of anilines is 1. The zero-order chi connectivity index (χ0) is 15.4. The largest absolute Gasteiger partial charge is 0.497 e. The van der Waals surface area contributed by atoms with Crippen LogP contribution in [0.25, 0.3) is 10.9 Å². The molecule has 2 rings (SSSR count). The zero-order valence-corrected chi connectivity index (χ0v) is 12.8. The van der Waals surface area contributed by atoms with Gasteiger partial charge in [0, 0.05) is 30.1 Å². The monoisotopic (exact) mass is 289 g/mol. The number of fused-ring (bicyclic) bond motifs is 1. The molecule has 0 amide bonds. The van der Waals surface area contributed by atoms with E-state index in [9.17, 15) is 5.11 Å². The van der Waals surface area contributed by atoms with Crippen LogP contribution in [0.15, 0.2) is 24.3 Å². The Morgan fingerprint density at radius 2 is 2.14 bits per heavy atom. The summed E-state index contributed by atoms with van der Waals surface area (Å²) in [6, 6.07) is 7.85. The predicted molar refractivity (Wildman–Crippen MR) is 85.3 cm³/mol. The molecule has 0 fully saturated rings. The molecule has 0 bridgehead atoms. The van der Waals surface area contributed by atoms with Crippen molar-refractivity contribution in [3.05, 3.63) is 29.8 Å². The molecule has 0 spiro atoms. The van der Waals surface area contributed by atoms with Crippen LogP contribution < -0.4 is 10.5 Å². The van der Waals surface area contributed by atoms with E-state index in [0.29, 0.717) is 12.4 Å². The van der Waals surface area contributed by atoms with E-state index in [1.54, 1.807) is 14.0 Å². The number of aliphatic hydroxyl groups is 1. The summed E-state index contributed by atoms with van der Waals surface area (Å²) in [5, 5.41) is 10.4. The molecule has 0 saturated carbocycles. The number of methoxy groups -OCH3 is 1. The average Bonchev–Trinajstić information content (AvgIpc) is 2.45. The summed E-state index contributed by atoms with van der Waals surface area (Å²) in [5.74, 6) is 1.32.